The topological polar surface area (TPSA) is 74.6 Å². The Morgan fingerprint density at radius 1 is 1.10 bits per heavy atom. The van der Waals surface area contributed by atoms with Crippen molar-refractivity contribution in [2.45, 2.75) is 44.6 Å². The molecule has 1 unspecified atom stereocenters. The van der Waals surface area contributed by atoms with E-state index in [4.69, 9.17) is 5.11 Å². The lowest BCUT2D eigenvalue weighted by Crippen LogP contribution is -2.20. The molecule has 1 atom stereocenters. The molecule has 1 aliphatic carbocycles. The van der Waals surface area contributed by atoms with E-state index < -0.39 is 12.1 Å². The highest BCUT2D eigenvalue weighted by molar-refractivity contribution is 5.99. The van der Waals surface area contributed by atoms with Crippen molar-refractivity contribution >= 4 is 11.8 Å². The molecule has 0 aromatic heterocycles. The zero-order chi connectivity index (χ0) is 14.7. The molecule has 108 valence electrons. The van der Waals surface area contributed by atoms with Crippen LogP contribution in [0.15, 0.2) is 24.3 Å². The molecule has 0 aliphatic heterocycles. The van der Waals surface area contributed by atoms with E-state index in [1.165, 1.54) is 6.92 Å². The van der Waals surface area contributed by atoms with Crippen LogP contribution in [0, 0.1) is 5.92 Å². The van der Waals surface area contributed by atoms with Gasteiger partial charge in [0, 0.05) is 5.56 Å². The first-order valence-electron chi connectivity index (χ1n) is 7.04. The van der Waals surface area contributed by atoms with Crippen molar-refractivity contribution in [1.82, 2.24) is 0 Å². The molecule has 20 heavy (non-hydrogen) atoms. The number of carboxylic acids is 1. The number of aliphatic carboxylic acids is 1. The second-order valence-electron chi connectivity index (χ2n) is 5.55. The Bertz CT molecular complexity index is 482. The van der Waals surface area contributed by atoms with Crippen LogP contribution >= 0.6 is 0 Å². The summed E-state index contributed by atoms with van der Waals surface area (Å²) in [5.74, 6) is -0.795. The van der Waals surface area contributed by atoms with E-state index in [-0.39, 0.29) is 11.7 Å². The third-order valence-electron chi connectivity index (χ3n) is 4.12. The van der Waals surface area contributed by atoms with Gasteiger partial charge < -0.3 is 10.2 Å². The van der Waals surface area contributed by atoms with Gasteiger partial charge in [-0.3, -0.25) is 9.59 Å². The molecular weight excluding hydrogens is 256 g/mol. The summed E-state index contributed by atoms with van der Waals surface area (Å²) in [7, 11) is 0. The molecule has 1 aromatic rings. The number of carboxylic acid groups (broad SMARTS) is 1. The van der Waals surface area contributed by atoms with Crippen LogP contribution in [0.4, 0.5) is 0 Å². The predicted molar refractivity (Wildman–Crippen MR) is 74.8 cm³/mol. The number of carbonyl (C=O) groups is 2. The van der Waals surface area contributed by atoms with Gasteiger partial charge in [0.15, 0.2) is 5.78 Å². The first-order valence-corrected chi connectivity index (χ1v) is 7.04. The highest BCUT2D eigenvalue weighted by atomic mass is 16.4. The lowest BCUT2D eigenvalue weighted by atomic mass is 9.78. The molecule has 2 rings (SSSR count). The maximum absolute atomic E-state index is 11.6. The Morgan fingerprint density at radius 3 is 2.10 bits per heavy atom. The molecule has 0 amide bonds. The van der Waals surface area contributed by atoms with Crippen LogP contribution in [-0.2, 0) is 4.79 Å². The average Bonchev–Trinajstić information content (AvgIpc) is 2.46. The number of benzene rings is 1. The molecule has 4 heteroatoms. The van der Waals surface area contributed by atoms with Crippen molar-refractivity contribution in [2.24, 2.45) is 5.92 Å². The normalized spacial score (nSPS) is 24.1. The molecule has 1 aliphatic rings. The third kappa shape index (κ3) is 3.25. The highest BCUT2D eigenvalue weighted by Crippen LogP contribution is 2.35. The number of aliphatic hydroxyl groups excluding tert-OH is 1. The predicted octanol–water partition coefficient (Wildman–Crippen LogP) is 2.61. The van der Waals surface area contributed by atoms with Gasteiger partial charge in [0.05, 0.1) is 5.92 Å². The number of Topliss-reactive ketones (excluding diaryl/α,β-unsaturated/α-hetero) is 1. The Morgan fingerprint density at radius 2 is 1.65 bits per heavy atom. The van der Waals surface area contributed by atoms with Crippen LogP contribution in [0.3, 0.4) is 0 Å². The van der Waals surface area contributed by atoms with E-state index in [9.17, 15) is 14.7 Å². The Kier molecular flexibility index (Phi) is 4.55. The minimum Gasteiger partial charge on any atom is -0.481 e. The van der Waals surface area contributed by atoms with Gasteiger partial charge in [0.2, 0.25) is 0 Å². The quantitative estimate of drug-likeness (QED) is 0.829. The Balaban J connectivity index is 2.01. The number of rotatable bonds is 4. The minimum absolute atomic E-state index is 0.206. The van der Waals surface area contributed by atoms with Gasteiger partial charge in [-0.25, -0.2) is 0 Å². The monoisotopic (exact) mass is 276 g/mol. The molecule has 0 heterocycles. The Labute approximate surface area is 118 Å². The van der Waals surface area contributed by atoms with Crippen LogP contribution < -0.4 is 0 Å². The summed E-state index contributed by atoms with van der Waals surface area (Å²) in [5, 5.41) is 18.3. The molecule has 0 saturated heterocycles. The standard InChI is InChI=1S/C16H20O4/c1-10(17)15(18)13-6-2-11(3-7-13)12-4-8-14(9-5-12)16(19)20/h2-3,6-7,10,12,14,17H,4-5,8-9H2,1H3,(H,19,20)/t10?,12-,14-. The summed E-state index contributed by atoms with van der Waals surface area (Å²) >= 11 is 0. The van der Waals surface area contributed by atoms with Crippen molar-refractivity contribution in [3.05, 3.63) is 35.4 Å². The van der Waals surface area contributed by atoms with Crippen LogP contribution in [0.25, 0.3) is 0 Å². The van der Waals surface area contributed by atoms with Crippen molar-refractivity contribution < 1.29 is 19.8 Å². The number of aliphatic hydroxyl groups is 1. The van der Waals surface area contributed by atoms with Gasteiger partial charge >= 0.3 is 5.97 Å². The molecule has 1 saturated carbocycles. The summed E-state index contributed by atoms with van der Waals surface area (Å²) in [6.07, 6.45) is 2.20. The fourth-order valence-corrected chi connectivity index (χ4v) is 2.83. The minimum atomic E-state index is -0.980. The molecule has 2 N–H and O–H groups in total. The zero-order valence-electron chi connectivity index (χ0n) is 11.6. The smallest absolute Gasteiger partial charge is 0.306 e. The fraction of sp³-hybridized carbons (Fsp3) is 0.500. The van der Waals surface area contributed by atoms with Gasteiger partial charge in [0.25, 0.3) is 0 Å². The summed E-state index contributed by atoms with van der Waals surface area (Å²) in [4.78, 5) is 22.6. The summed E-state index contributed by atoms with van der Waals surface area (Å²) < 4.78 is 0. The molecule has 4 nitrogen and oxygen atoms in total. The van der Waals surface area contributed by atoms with Gasteiger partial charge in [0.1, 0.15) is 6.10 Å². The summed E-state index contributed by atoms with van der Waals surface area (Å²) in [6, 6.07) is 7.32. The lowest BCUT2D eigenvalue weighted by Gasteiger charge is -2.26. The van der Waals surface area contributed by atoms with Gasteiger partial charge in [-0.1, -0.05) is 24.3 Å². The lowest BCUT2D eigenvalue weighted by molar-refractivity contribution is -0.142. The second kappa shape index (κ2) is 6.18. The van der Waals surface area contributed by atoms with E-state index in [0.717, 1.165) is 18.4 Å². The van der Waals surface area contributed by atoms with E-state index in [1.54, 1.807) is 12.1 Å². The van der Waals surface area contributed by atoms with E-state index in [0.29, 0.717) is 24.3 Å². The number of hydrogen-bond donors (Lipinski definition) is 2. The maximum atomic E-state index is 11.6. The molecule has 0 bridgehead atoms. The van der Waals surface area contributed by atoms with Crippen molar-refractivity contribution in [3.8, 4) is 0 Å². The number of ketones is 1. The average molecular weight is 276 g/mol. The van der Waals surface area contributed by atoms with E-state index in [2.05, 4.69) is 0 Å². The third-order valence-corrected chi connectivity index (χ3v) is 4.12. The second-order valence-corrected chi connectivity index (χ2v) is 5.55. The summed E-state index contributed by atoms with van der Waals surface area (Å²) in [5.41, 5.74) is 1.67. The van der Waals surface area contributed by atoms with Crippen LogP contribution in [-0.4, -0.2) is 28.1 Å². The Hall–Kier alpha value is -1.68. The van der Waals surface area contributed by atoms with Crippen molar-refractivity contribution in [1.29, 1.82) is 0 Å². The zero-order valence-corrected chi connectivity index (χ0v) is 11.6. The number of hydrogen-bond acceptors (Lipinski definition) is 3. The maximum Gasteiger partial charge on any atom is 0.306 e. The molecule has 1 aromatic carbocycles. The van der Waals surface area contributed by atoms with Crippen molar-refractivity contribution in [3.63, 3.8) is 0 Å². The van der Waals surface area contributed by atoms with Gasteiger partial charge in [-0.15, -0.1) is 0 Å². The fourth-order valence-electron chi connectivity index (χ4n) is 2.83. The largest absolute Gasteiger partial charge is 0.481 e. The van der Waals surface area contributed by atoms with Crippen LogP contribution in [0.5, 0.6) is 0 Å². The molecule has 0 spiro atoms. The highest BCUT2D eigenvalue weighted by Gasteiger charge is 2.26. The molecular formula is C16H20O4. The SMILES string of the molecule is CC(O)C(=O)c1ccc([C@H]2CC[C@H](C(=O)O)CC2)cc1. The molecule has 0 radical (unpaired) electrons. The summed E-state index contributed by atoms with van der Waals surface area (Å²) in [6.45, 7) is 1.46. The van der Waals surface area contributed by atoms with E-state index >= 15 is 0 Å². The van der Waals surface area contributed by atoms with Gasteiger partial charge in [-0.05, 0) is 44.1 Å². The van der Waals surface area contributed by atoms with Crippen LogP contribution in [0.2, 0.25) is 0 Å². The van der Waals surface area contributed by atoms with E-state index in [1.807, 2.05) is 12.1 Å². The van der Waals surface area contributed by atoms with Crippen LogP contribution in [0.1, 0.15) is 54.4 Å². The number of carbonyl (C=O) groups excluding carboxylic acids is 1. The van der Waals surface area contributed by atoms with Gasteiger partial charge in [-0.2, -0.15) is 0 Å². The van der Waals surface area contributed by atoms with Crippen molar-refractivity contribution in [2.75, 3.05) is 0 Å². The first-order chi connectivity index (χ1) is 9.49. The molecule has 1 fully saturated rings. The first kappa shape index (κ1) is 14.7.